The highest BCUT2D eigenvalue weighted by Gasteiger charge is 2.28. The van der Waals surface area contributed by atoms with Crippen molar-refractivity contribution in [3.05, 3.63) is 41.7 Å². The third-order valence-corrected chi connectivity index (χ3v) is 4.68. The first-order valence-electron chi connectivity index (χ1n) is 8.66. The first-order valence-corrected chi connectivity index (χ1v) is 8.66. The van der Waals surface area contributed by atoms with Crippen LogP contribution in [0.3, 0.4) is 0 Å². The fourth-order valence-corrected chi connectivity index (χ4v) is 3.32. The lowest BCUT2D eigenvalue weighted by atomic mass is 9.91. The summed E-state index contributed by atoms with van der Waals surface area (Å²) in [6, 6.07) is 3.65. The van der Waals surface area contributed by atoms with E-state index in [2.05, 4.69) is 26.8 Å². The van der Waals surface area contributed by atoms with Crippen molar-refractivity contribution in [3.8, 4) is 5.75 Å². The van der Waals surface area contributed by atoms with Gasteiger partial charge in [0.1, 0.15) is 11.6 Å². The fraction of sp³-hybridized carbons (Fsp3) is 0.556. The second-order valence-electron chi connectivity index (χ2n) is 6.30. The van der Waals surface area contributed by atoms with Gasteiger partial charge in [-0.05, 0) is 44.7 Å². The molecule has 0 bridgehead atoms. The van der Waals surface area contributed by atoms with Crippen LogP contribution in [0.2, 0.25) is 0 Å². The van der Waals surface area contributed by atoms with Crippen LogP contribution in [-0.4, -0.2) is 32.9 Å². The zero-order chi connectivity index (χ0) is 16.9. The van der Waals surface area contributed by atoms with Crippen molar-refractivity contribution in [2.24, 2.45) is 5.92 Å². The normalized spacial score (nSPS) is 17.1. The lowest BCUT2D eigenvalue weighted by Crippen LogP contribution is -2.34. The number of aromatic nitrogens is 3. The van der Waals surface area contributed by atoms with Gasteiger partial charge >= 0.3 is 0 Å². The van der Waals surface area contributed by atoms with Gasteiger partial charge in [-0.25, -0.2) is 4.98 Å². The molecule has 1 atom stereocenters. The molecule has 1 fully saturated rings. The lowest BCUT2D eigenvalue weighted by molar-refractivity contribution is 0.0516. The Morgan fingerprint density at radius 2 is 2.17 bits per heavy atom. The van der Waals surface area contributed by atoms with Gasteiger partial charge in [0.05, 0.1) is 11.7 Å². The van der Waals surface area contributed by atoms with E-state index in [-0.39, 0.29) is 11.8 Å². The smallest absolute Gasteiger partial charge is 0.138 e. The number of pyridine rings is 1. The van der Waals surface area contributed by atoms with Gasteiger partial charge in [0.15, 0.2) is 0 Å². The average Bonchev–Trinajstić information content (AvgIpc) is 3.07. The Labute approximate surface area is 142 Å². The van der Waals surface area contributed by atoms with Crippen LogP contribution >= 0.6 is 0 Å². The Hall–Kier alpha value is -1.92. The molecule has 24 heavy (non-hydrogen) atoms. The van der Waals surface area contributed by atoms with E-state index in [0.717, 1.165) is 44.1 Å². The van der Waals surface area contributed by atoms with Crippen LogP contribution in [0.1, 0.15) is 43.0 Å². The fourth-order valence-electron chi connectivity index (χ4n) is 3.32. The Bertz CT molecular complexity index is 665. The highest BCUT2D eigenvalue weighted by atomic mass is 16.5. The monoisotopic (exact) mass is 330 g/mol. The summed E-state index contributed by atoms with van der Waals surface area (Å²) in [5.74, 6) is 1.76. The predicted octanol–water partition coefficient (Wildman–Crippen LogP) is 2.57. The molecule has 0 radical (unpaired) electrons. The molecular weight excluding hydrogens is 304 g/mol. The van der Waals surface area contributed by atoms with Gasteiger partial charge < -0.3 is 19.7 Å². The zero-order valence-corrected chi connectivity index (χ0v) is 14.4. The molecule has 1 aliphatic rings. The van der Waals surface area contributed by atoms with Gasteiger partial charge in [-0.3, -0.25) is 4.98 Å². The topological polar surface area (TPSA) is 72.2 Å². The molecule has 3 rings (SSSR count). The number of imidazole rings is 1. The van der Waals surface area contributed by atoms with Crippen molar-refractivity contribution in [3.63, 3.8) is 0 Å². The molecule has 3 heterocycles. The molecule has 2 aromatic rings. The van der Waals surface area contributed by atoms with Crippen LogP contribution < -0.4 is 5.32 Å². The standard InChI is InChI=1S/C18H26N4O2/c1-3-22-9-8-19-18(22)17(14-6-10-24-11-7-14)20-12-15-16(23)5-4-13(2)21-15/h4-5,8-9,14,17,20,23H,3,6-7,10-12H2,1-2H3. The molecular formula is C18H26N4O2. The summed E-state index contributed by atoms with van der Waals surface area (Å²) in [7, 11) is 0. The van der Waals surface area contributed by atoms with E-state index >= 15 is 0 Å². The van der Waals surface area contributed by atoms with E-state index in [4.69, 9.17) is 4.74 Å². The van der Waals surface area contributed by atoms with Crippen molar-refractivity contribution in [1.29, 1.82) is 0 Å². The van der Waals surface area contributed by atoms with Crippen LogP contribution in [-0.2, 0) is 17.8 Å². The minimum Gasteiger partial charge on any atom is -0.506 e. The molecule has 0 amide bonds. The Balaban J connectivity index is 1.80. The number of ether oxygens (including phenoxy) is 1. The molecule has 130 valence electrons. The molecule has 0 aromatic carbocycles. The third-order valence-electron chi connectivity index (χ3n) is 4.68. The van der Waals surface area contributed by atoms with Crippen molar-refractivity contribution in [1.82, 2.24) is 19.9 Å². The minimum atomic E-state index is 0.130. The third kappa shape index (κ3) is 3.76. The molecule has 0 spiro atoms. The molecule has 1 unspecified atom stereocenters. The summed E-state index contributed by atoms with van der Waals surface area (Å²) >= 11 is 0. The zero-order valence-electron chi connectivity index (χ0n) is 14.4. The van der Waals surface area contributed by atoms with Crippen LogP contribution in [0.15, 0.2) is 24.5 Å². The minimum absolute atomic E-state index is 0.130. The van der Waals surface area contributed by atoms with E-state index in [9.17, 15) is 5.11 Å². The molecule has 0 aliphatic carbocycles. The van der Waals surface area contributed by atoms with Crippen molar-refractivity contribution in [2.45, 2.75) is 45.8 Å². The van der Waals surface area contributed by atoms with Gasteiger partial charge in [-0.2, -0.15) is 0 Å². The van der Waals surface area contributed by atoms with E-state index in [1.165, 1.54) is 0 Å². The number of nitrogens with zero attached hydrogens (tertiary/aromatic N) is 3. The van der Waals surface area contributed by atoms with E-state index in [1.807, 2.05) is 25.4 Å². The number of aromatic hydroxyl groups is 1. The van der Waals surface area contributed by atoms with Gasteiger partial charge in [0, 0.05) is 44.4 Å². The summed E-state index contributed by atoms with van der Waals surface area (Å²) in [4.78, 5) is 9.04. The van der Waals surface area contributed by atoms with Gasteiger partial charge in [0.25, 0.3) is 0 Å². The van der Waals surface area contributed by atoms with E-state index in [0.29, 0.717) is 18.2 Å². The predicted molar refractivity (Wildman–Crippen MR) is 91.7 cm³/mol. The summed E-state index contributed by atoms with van der Waals surface area (Å²) in [6.45, 7) is 7.06. The number of nitrogens with one attached hydrogen (secondary N) is 1. The maximum atomic E-state index is 10.0. The molecule has 1 saturated heterocycles. The molecule has 6 nitrogen and oxygen atoms in total. The number of rotatable bonds is 6. The Morgan fingerprint density at radius 1 is 1.38 bits per heavy atom. The van der Waals surface area contributed by atoms with Gasteiger partial charge in [-0.1, -0.05) is 0 Å². The molecule has 2 N–H and O–H groups in total. The average molecular weight is 330 g/mol. The summed E-state index contributed by atoms with van der Waals surface area (Å²) < 4.78 is 7.69. The van der Waals surface area contributed by atoms with Crippen LogP contribution in [0.4, 0.5) is 0 Å². The lowest BCUT2D eigenvalue weighted by Gasteiger charge is -2.31. The molecule has 6 heteroatoms. The second kappa shape index (κ2) is 7.77. The van der Waals surface area contributed by atoms with Crippen LogP contribution in [0.5, 0.6) is 5.75 Å². The second-order valence-corrected chi connectivity index (χ2v) is 6.30. The van der Waals surface area contributed by atoms with E-state index < -0.39 is 0 Å². The van der Waals surface area contributed by atoms with Crippen LogP contribution in [0.25, 0.3) is 0 Å². The summed E-state index contributed by atoms with van der Waals surface area (Å²) in [5.41, 5.74) is 1.59. The summed E-state index contributed by atoms with van der Waals surface area (Å²) in [5, 5.41) is 13.6. The summed E-state index contributed by atoms with van der Waals surface area (Å²) in [6.07, 6.45) is 5.91. The highest BCUT2D eigenvalue weighted by Crippen LogP contribution is 2.30. The largest absolute Gasteiger partial charge is 0.506 e. The maximum Gasteiger partial charge on any atom is 0.138 e. The number of hydrogen-bond acceptors (Lipinski definition) is 5. The van der Waals surface area contributed by atoms with Crippen molar-refractivity contribution < 1.29 is 9.84 Å². The number of hydrogen-bond donors (Lipinski definition) is 2. The number of aryl methyl sites for hydroxylation is 2. The molecule has 0 saturated carbocycles. The highest BCUT2D eigenvalue weighted by molar-refractivity contribution is 5.27. The van der Waals surface area contributed by atoms with Crippen molar-refractivity contribution in [2.75, 3.05) is 13.2 Å². The maximum absolute atomic E-state index is 10.0. The van der Waals surface area contributed by atoms with Gasteiger partial charge in [0.2, 0.25) is 0 Å². The van der Waals surface area contributed by atoms with E-state index in [1.54, 1.807) is 6.07 Å². The van der Waals surface area contributed by atoms with Crippen molar-refractivity contribution >= 4 is 0 Å². The Kier molecular flexibility index (Phi) is 5.48. The molecule has 1 aliphatic heterocycles. The molecule has 2 aromatic heterocycles. The first kappa shape index (κ1) is 16.9. The SMILES string of the molecule is CCn1ccnc1C(NCc1nc(C)ccc1O)C1CCOCC1. The van der Waals surface area contributed by atoms with Gasteiger partial charge in [-0.15, -0.1) is 0 Å². The Morgan fingerprint density at radius 3 is 2.92 bits per heavy atom. The quantitative estimate of drug-likeness (QED) is 0.852. The first-order chi connectivity index (χ1) is 11.7. The van der Waals surface area contributed by atoms with Crippen LogP contribution in [0, 0.1) is 12.8 Å².